The Labute approximate surface area is 96.4 Å². The Kier molecular flexibility index (Phi) is 3.96. The number of carbonyl (C=O) groups is 1. The zero-order valence-corrected chi connectivity index (χ0v) is 10.6. The first-order valence-corrected chi connectivity index (χ1v) is 7.39. The number of carboxylic acid groups (broad SMARTS) is 1. The third kappa shape index (κ3) is 2.38. The summed E-state index contributed by atoms with van der Waals surface area (Å²) >= 11 is 0. The van der Waals surface area contributed by atoms with Crippen LogP contribution in [0.2, 0.25) is 0 Å². The molecule has 6 heteroatoms. The lowest BCUT2D eigenvalue weighted by Crippen LogP contribution is -2.58. The summed E-state index contributed by atoms with van der Waals surface area (Å²) in [5, 5.41) is 9.31. The van der Waals surface area contributed by atoms with Crippen molar-refractivity contribution in [2.24, 2.45) is 0 Å². The second kappa shape index (κ2) is 4.71. The van der Waals surface area contributed by atoms with E-state index >= 15 is 0 Å². The molecule has 0 atom stereocenters. The van der Waals surface area contributed by atoms with Crippen molar-refractivity contribution in [3.05, 3.63) is 0 Å². The van der Waals surface area contributed by atoms with Gasteiger partial charge in [0.25, 0.3) is 0 Å². The van der Waals surface area contributed by atoms with Gasteiger partial charge in [-0.15, -0.1) is 0 Å². The Balaban J connectivity index is 2.87. The number of rotatable bonds is 4. The number of nitrogens with zero attached hydrogens (tertiary/aromatic N) is 1. The van der Waals surface area contributed by atoms with Gasteiger partial charge >= 0.3 is 5.97 Å². The summed E-state index contributed by atoms with van der Waals surface area (Å²) in [6.07, 6.45) is 0.998. The molecule has 1 saturated heterocycles. The number of hydrogen-bond acceptors (Lipinski definition) is 4. The Bertz CT molecular complexity index is 345. The molecule has 94 valence electrons. The number of sulfone groups is 1. The topological polar surface area (TPSA) is 74.7 Å². The van der Waals surface area contributed by atoms with Crippen molar-refractivity contribution in [1.29, 1.82) is 0 Å². The van der Waals surface area contributed by atoms with E-state index in [0.29, 0.717) is 25.9 Å². The minimum atomic E-state index is -2.95. The third-order valence-electron chi connectivity index (χ3n) is 3.52. The first-order chi connectivity index (χ1) is 7.38. The zero-order chi connectivity index (χ0) is 12.4. The van der Waals surface area contributed by atoms with Gasteiger partial charge in [0.1, 0.15) is 5.54 Å². The fourth-order valence-corrected chi connectivity index (χ4v) is 3.48. The lowest BCUT2D eigenvalue weighted by atomic mass is 9.90. The molecule has 1 N–H and O–H groups in total. The van der Waals surface area contributed by atoms with Gasteiger partial charge < -0.3 is 5.11 Å². The van der Waals surface area contributed by atoms with Gasteiger partial charge in [0.2, 0.25) is 0 Å². The lowest BCUT2D eigenvalue weighted by Gasteiger charge is -2.41. The Morgan fingerprint density at radius 3 is 2.00 bits per heavy atom. The van der Waals surface area contributed by atoms with E-state index < -0.39 is 21.3 Å². The highest BCUT2D eigenvalue weighted by Crippen LogP contribution is 2.26. The highest BCUT2D eigenvalue weighted by Gasteiger charge is 2.43. The van der Waals surface area contributed by atoms with E-state index in [1.165, 1.54) is 0 Å². The number of hydrogen-bond donors (Lipinski definition) is 1. The molecule has 1 rings (SSSR count). The highest BCUT2D eigenvalue weighted by molar-refractivity contribution is 7.91. The molecule has 0 unspecified atom stereocenters. The van der Waals surface area contributed by atoms with Gasteiger partial charge in [-0.25, -0.2) is 8.42 Å². The molecule has 0 saturated carbocycles. The normalized spacial score (nSPS) is 21.9. The molecule has 16 heavy (non-hydrogen) atoms. The average Bonchev–Trinajstić information content (AvgIpc) is 2.22. The van der Waals surface area contributed by atoms with Crippen LogP contribution in [0.1, 0.15) is 26.7 Å². The fourth-order valence-electron chi connectivity index (χ4n) is 2.28. The van der Waals surface area contributed by atoms with Crippen LogP contribution in [0.4, 0.5) is 0 Å². The summed E-state index contributed by atoms with van der Waals surface area (Å²) in [5.41, 5.74) is -0.893. The van der Waals surface area contributed by atoms with Crippen LogP contribution in [0.25, 0.3) is 0 Å². The van der Waals surface area contributed by atoms with E-state index in [2.05, 4.69) is 0 Å². The van der Waals surface area contributed by atoms with Crippen molar-refractivity contribution in [3.8, 4) is 0 Å². The second-order valence-corrected chi connectivity index (χ2v) is 6.49. The van der Waals surface area contributed by atoms with Crippen molar-refractivity contribution in [2.45, 2.75) is 32.2 Å². The quantitative estimate of drug-likeness (QED) is 0.778. The minimum Gasteiger partial charge on any atom is -0.480 e. The number of aliphatic carboxylic acids is 1. The first kappa shape index (κ1) is 13.4. The molecule has 0 aromatic carbocycles. The number of carboxylic acids is 1. The van der Waals surface area contributed by atoms with Gasteiger partial charge in [-0.2, -0.15) is 0 Å². The molecule has 0 radical (unpaired) electrons. The molecule has 0 spiro atoms. The summed E-state index contributed by atoms with van der Waals surface area (Å²) in [6, 6.07) is 0. The molecule has 1 fully saturated rings. The van der Waals surface area contributed by atoms with E-state index in [9.17, 15) is 18.3 Å². The Hall–Kier alpha value is -0.620. The predicted molar refractivity (Wildman–Crippen MR) is 61.2 cm³/mol. The minimum absolute atomic E-state index is 0.0715. The van der Waals surface area contributed by atoms with Crippen molar-refractivity contribution in [2.75, 3.05) is 24.6 Å². The molecule has 0 amide bonds. The maximum atomic E-state index is 11.4. The molecule has 0 bridgehead atoms. The predicted octanol–water partition coefficient (Wildman–Crippen LogP) is 0.360. The first-order valence-electron chi connectivity index (χ1n) is 5.57. The van der Waals surface area contributed by atoms with Crippen LogP contribution in [0, 0.1) is 0 Å². The van der Waals surface area contributed by atoms with Gasteiger partial charge in [-0.05, 0) is 12.8 Å². The zero-order valence-electron chi connectivity index (χ0n) is 9.77. The van der Waals surface area contributed by atoms with Crippen LogP contribution in [0.15, 0.2) is 0 Å². The van der Waals surface area contributed by atoms with Crippen LogP contribution < -0.4 is 0 Å². The lowest BCUT2D eigenvalue weighted by molar-refractivity contribution is -0.152. The van der Waals surface area contributed by atoms with Crippen molar-refractivity contribution < 1.29 is 18.3 Å². The maximum Gasteiger partial charge on any atom is 0.324 e. The van der Waals surface area contributed by atoms with Gasteiger partial charge in [0, 0.05) is 13.1 Å². The molecule has 1 aliphatic rings. The Morgan fingerprint density at radius 1 is 1.25 bits per heavy atom. The van der Waals surface area contributed by atoms with E-state index in [0.717, 1.165) is 0 Å². The van der Waals surface area contributed by atoms with Crippen molar-refractivity contribution >= 4 is 15.8 Å². The van der Waals surface area contributed by atoms with Gasteiger partial charge in [0.05, 0.1) is 11.5 Å². The van der Waals surface area contributed by atoms with Crippen molar-refractivity contribution in [3.63, 3.8) is 0 Å². The molecule has 0 aliphatic carbocycles. The average molecular weight is 249 g/mol. The molecule has 1 aliphatic heterocycles. The van der Waals surface area contributed by atoms with E-state index in [1.54, 1.807) is 4.90 Å². The van der Waals surface area contributed by atoms with Gasteiger partial charge in [0.15, 0.2) is 9.84 Å². The maximum absolute atomic E-state index is 11.4. The van der Waals surface area contributed by atoms with Crippen LogP contribution >= 0.6 is 0 Å². The smallest absolute Gasteiger partial charge is 0.324 e. The summed E-state index contributed by atoms with van der Waals surface area (Å²) in [6.45, 7) is 4.33. The SMILES string of the molecule is CCC(CC)(C(=O)O)N1CCS(=O)(=O)CC1. The molecule has 0 aromatic rings. The van der Waals surface area contributed by atoms with Crippen LogP contribution in [0.3, 0.4) is 0 Å². The molecular weight excluding hydrogens is 230 g/mol. The standard InChI is InChI=1S/C10H19NO4S/c1-3-10(4-2,9(12)13)11-5-7-16(14,15)8-6-11/h3-8H2,1-2H3,(H,12,13). The second-order valence-electron chi connectivity index (χ2n) is 4.18. The molecular formula is C10H19NO4S. The van der Waals surface area contributed by atoms with Crippen molar-refractivity contribution in [1.82, 2.24) is 4.90 Å². The van der Waals surface area contributed by atoms with Crippen LogP contribution in [-0.2, 0) is 14.6 Å². The monoisotopic (exact) mass is 249 g/mol. The third-order valence-corrected chi connectivity index (χ3v) is 5.13. The summed E-state index contributed by atoms with van der Waals surface area (Å²) in [5.74, 6) is -0.707. The van der Waals surface area contributed by atoms with Crippen LogP contribution in [0.5, 0.6) is 0 Å². The van der Waals surface area contributed by atoms with Gasteiger partial charge in [-0.1, -0.05) is 13.8 Å². The highest BCUT2D eigenvalue weighted by atomic mass is 32.2. The molecule has 5 nitrogen and oxygen atoms in total. The van der Waals surface area contributed by atoms with E-state index in [1.807, 2.05) is 13.8 Å². The summed E-state index contributed by atoms with van der Waals surface area (Å²) in [4.78, 5) is 13.2. The van der Waals surface area contributed by atoms with Gasteiger partial charge in [-0.3, -0.25) is 9.69 Å². The molecule has 0 aromatic heterocycles. The Morgan fingerprint density at radius 2 is 1.69 bits per heavy atom. The van der Waals surface area contributed by atoms with E-state index in [4.69, 9.17) is 0 Å². The largest absolute Gasteiger partial charge is 0.480 e. The molecule has 1 heterocycles. The summed E-state index contributed by atoms with van der Waals surface area (Å²) in [7, 11) is -2.95. The van der Waals surface area contributed by atoms with Crippen LogP contribution in [-0.4, -0.2) is 54.5 Å². The fraction of sp³-hybridized carbons (Fsp3) is 0.900. The summed E-state index contributed by atoms with van der Waals surface area (Å²) < 4.78 is 22.6. The van der Waals surface area contributed by atoms with E-state index in [-0.39, 0.29) is 11.5 Å².